The Morgan fingerprint density at radius 3 is 2.40 bits per heavy atom. The molecular weight excluding hydrogens is 376 g/mol. The van der Waals surface area contributed by atoms with Gasteiger partial charge in [-0.15, -0.1) is 0 Å². The molecule has 0 spiro atoms. The normalized spacial score (nSPS) is 10.5. The van der Waals surface area contributed by atoms with Crippen molar-refractivity contribution < 1.29 is 14.3 Å². The highest BCUT2D eigenvalue weighted by Crippen LogP contribution is 2.25. The number of benzene rings is 3. The molecule has 0 saturated carbocycles. The quantitative estimate of drug-likeness (QED) is 0.515. The lowest BCUT2D eigenvalue weighted by molar-refractivity contribution is -0.117. The third-order valence-corrected chi connectivity index (χ3v) is 4.68. The summed E-state index contributed by atoms with van der Waals surface area (Å²) >= 11 is 0. The van der Waals surface area contributed by atoms with Crippen molar-refractivity contribution in [2.45, 2.75) is 13.5 Å². The Morgan fingerprint density at radius 1 is 0.933 bits per heavy atom. The maximum atomic E-state index is 13.0. The van der Waals surface area contributed by atoms with E-state index < -0.39 is 0 Å². The van der Waals surface area contributed by atoms with Crippen LogP contribution in [0.2, 0.25) is 0 Å². The Kier molecular flexibility index (Phi) is 7.86. The Balaban J connectivity index is 1.56. The van der Waals surface area contributed by atoms with Crippen molar-refractivity contribution in [2.75, 3.05) is 31.7 Å². The first-order valence-corrected chi connectivity index (χ1v) is 10.0. The van der Waals surface area contributed by atoms with Gasteiger partial charge >= 0.3 is 0 Å². The van der Waals surface area contributed by atoms with Crippen LogP contribution in [0.3, 0.4) is 0 Å². The van der Waals surface area contributed by atoms with E-state index in [9.17, 15) is 4.79 Å². The monoisotopic (exact) mass is 404 g/mol. The standard InChI is InChI=1S/C25H28N2O3/c1-20-9-8-12-22(17-20)27(19-21-10-4-3-5-11-21)25(28)18-26-15-16-30-24-14-7-6-13-23(24)29-2/h3-14,17,26H,15-16,18-19H2,1-2H3. The summed E-state index contributed by atoms with van der Waals surface area (Å²) in [5.41, 5.74) is 3.11. The number of hydrogen-bond acceptors (Lipinski definition) is 4. The first-order chi connectivity index (χ1) is 14.7. The van der Waals surface area contributed by atoms with Gasteiger partial charge in [0.2, 0.25) is 5.91 Å². The van der Waals surface area contributed by atoms with Gasteiger partial charge in [-0.2, -0.15) is 0 Å². The van der Waals surface area contributed by atoms with E-state index in [0.717, 1.165) is 16.8 Å². The largest absolute Gasteiger partial charge is 0.493 e. The molecule has 0 aliphatic rings. The minimum atomic E-state index is 0.0155. The van der Waals surface area contributed by atoms with Crippen molar-refractivity contribution in [3.63, 3.8) is 0 Å². The molecule has 0 radical (unpaired) electrons. The minimum Gasteiger partial charge on any atom is -0.493 e. The van der Waals surface area contributed by atoms with E-state index in [0.29, 0.717) is 31.2 Å². The topological polar surface area (TPSA) is 50.8 Å². The van der Waals surface area contributed by atoms with Crippen molar-refractivity contribution in [3.8, 4) is 11.5 Å². The number of amides is 1. The highest BCUT2D eigenvalue weighted by Gasteiger charge is 2.16. The first kappa shape index (κ1) is 21.4. The van der Waals surface area contributed by atoms with E-state index in [2.05, 4.69) is 5.32 Å². The molecule has 1 N–H and O–H groups in total. The summed E-state index contributed by atoms with van der Waals surface area (Å²) in [4.78, 5) is 14.8. The summed E-state index contributed by atoms with van der Waals surface area (Å²) in [5, 5.41) is 3.19. The molecule has 3 rings (SSSR count). The number of para-hydroxylation sites is 2. The predicted molar refractivity (Wildman–Crippen MR) is 120 cm³/mol. The van der Waals surface area contributed by atoms with E-state index in [1.807, 2.05) is 90.7 Å². The molecule has 5 nitrogen and oxygen atoms in total. The molecule has 5 heteroatoms. The fourth-order valence-corrected chi connectivity index (χ4v) is 3.15. The third-order valence-electron chi connectivity index (χ3n) is 4.68. The molecule has 0 bridgehead atoms. The molecule has 0 fully saturated rings. The van der Waals surface area contributed by atoms with Crippen LogP contribution in [-0.4, -0.2) is 32.7 Å². The SMILES string of the molecule is COc1ccccc1OCCNCC(=O)N(Cc1ccccc1)c1cccc(C)c1. The van der Waals surface area contributed by atoms with Gasteiger partial charge < -0.3 is 19.7 Å². The van der Waals surface area contributed by atoms with E-state index in [4.69, 9.17) is 9.47 Å². The van der Waals surface area contributed by atoms with Gasteiger partial charge in [-0.1, -0.05) is 54.6 Å². The third kappa shape index (κ3) is 6.09. The van der Waals surface area contributed by atoms with Gasteiger partial charge in [-0.05, 0) is 42.3 Å². The van der Waals surface area contributed by atoms with Crippen molar-refractivity contribution in [3.05, 3.63) is 90.0 Å². The number of methoxy groups -OCH3 is 1. The van der Waals surface area contributed by atoms with E-state index in [1.165, 1.54) is 0 Å². The van der Waals surface area contributed by atoms with Gasteiger partial charge in [0.15, 0.2) is 11.5 Å². The van der Waals surface area contributed by atoms with Crippen LogP contribution in [0.4, 0.5) is 5.69 Å². The first-order valence-electron chi connectivity index (χ1n) is 10.0. The van der Waals surface area contributed by atoms with E-state index in [-0.39, 0.29) is 12.5 Å². The van der Waals surface area contributed by atoms with Crippen LogP contribution in [0.1, 0.15) is 11.1 Å². The van der Waals surface area contributed by atoms with Crippen molar-refractivity contribution in [2.24, 2.45) is 0 Å². The number of carbonyl (C=O) groups is 1. The summed E-state index contributed by atoms with van der Waals surface area (Å²) in [6.07, 6.45) is 0. The lowest BCUT2D eigenvalue weighted by Gasteiger charge is -2.24. The molecule has 0 saturated heterocycles. The molecule has 3 aromatic rings. The fourth-order valence-electron chi connectivity index (χ4n) is 3.15. The molecule has 0 aromatic heterocycles. The number of aryl methyl sites for hydroxylation is 1. The highest BCUT2D eigenvalue weighted by molar-refractivity contribution is 5.94. The highest BCUT2D eigenvalue weighted by atomic mass is 16.5. The van der Waals surface area contributed by atoms with Crippen molar-refractivity contribution in [1.29, 1.82) is 0 Å². The van der Waals surface area contributed by atoms with Crippen LogP contribution in [-0.2, 0) is 11.3 Å². The van der Waals surface area contributed by atoms with Crippen LogP contribution in [0.15, 0.2) is 78.9 Å². The van der Waals surface area contributed by atoms with Crippen LogP contribution in [0, 0.1) is 6.92 Å². The molecule has 0 aliphatic carbocycles. The Morgan fingerprint density at radius 2 is 1.67 bits per heavy atom. The number of hydrogen-bond donors (Lipinski definition) is 1. The molecule has 30 heavy (non-hydrogen) atoms. The number of nitrogens with one attached hydrogen (secondary N) is 1. The smallest absolute Gasteiger partial charge is 0.241 e. The predicted octanol–water partition coefficient (Wildman–Crippen LogP) is 4.21. The van der Waals surface area contributed by atoms with Gasteiger partial charge in [-0.3, -0.25) is 4.79 Å². The summed E-state index contributed by atoms with van der Waals surface area (Å²) in [5.74, 6) is 1.40. The van der Waals surface area contributed by atoms with Crippen molar-refractivity contribution in [1.82, 2.24) is 5.32 Å². The van der Waals surface area contributed by atoms with Crippen LogP contribution in [0.25, 0.3) is 0 Å². The van der Waals surface area contributed by atoms with E-state index >= 15 is 0 Å². The summed E-state index contributed by atoms with van der Waals surface area (Å²) in [7, 11) is 1.62. The Hall–Kier alpha value is -3.31. The van der Waals surface area contributed by atoms with Gasteiger partial charge in [0.05, 0.1) is 20.2 Å². The zero-order valence-electron chi connectivity index (χ0n) is 17.5. The zero-order valence-corrected chi connectivity index (χ0v) is 17.5. The Labute approximate surface area is 178 Å². The van der Waals surface area contributed by atoms with Gasteiger partial charge in [0.1, 0.15) is 6.61 Å². The molecule has 0 aliphatic heterocycles. The second-order valence-electron chi connectivity index (χ2n) is 6.98. The molecule has 156 valence electrons. The zero-order chi connectivity index (χ0) is 21.2. The van der Waals surface area contributed by atoms with Crippen molar-refractivity contribution >= 4 is 11.6 Å². The van der Waals surface area contributed by atoms with Crippen LogP contribution in [0.5, 0.6) is 11.5 Å². The molecule has 0 unspecified atom stereocenters. The lowest BCUT2D eigenvalue weighted by Crippen LogP contribution is -2.39. The van der Waals surface area contributed by atoms with E-state index in [1.54, 1.807) is 7.11 Å². The Bertz CT molecular complexity index is 944. The summed E-state index contributed by atoms with van der Waals surface area (Å²) in [6, 6.07) is 25.5. The molecule has 1 amide bonds. The summed E-state index contributed by atoms with van der Waals surface area (Å²) < 4.78 is 11.0. The fraction of sp³-hybridized carbons (Fsp3) is 0.240. The molecule has 3 aromatic carbocycles. The van der Waals surface area contributed by atoms with Gasteiger partial charge in [0, 0.05) is 12.2 Å². The molecule has 0 atom stereocenters. The number of rotatable bonds is 10. The van der Waals surface area contributed by atoms with Crippen LogP contribution < -0.4 is 19.7 Å². The number of ether oxygens (including phenoxy) is 2. The average Bonchev–Trinajstić information content (AvgIpc) is 2.78. The van der Waals surface area contributed by atoms with Gasteiger partial charge in [0.25, 0.3) is 0 Å². The lowest BCUT2D eigenvalue weighted by atomic mass is 10.1. The summed E-state index contributed by atoms with van der Waals surface area (Å²) in [6.45, 7) is 3.79. The number of anilines is 1. The number of nitrogens with zero attached hydrogens (tertiary/aromatic N) is 1. The van der Waals surface area contributed by atoms with Crippen LogP contribution >= 0.6 is 0 Å². The molecule has 0 heterocycles. The molecular formula is C25H28N2O3. The minimum absolute atomic E-state index is 0.0155. The maximum absolute atomic E-state index is 13.0. The number of carbonyl (C=O) groups excluding carboxylic acids is 1. The second-order valence-corrected chi connectivity index (χ2v) is 6.98. The second kappa shape index (κ2) is 11.0. The van der Waals surface area contributed by atoms with Gasteiger partial charge in [-0.25, -0.2) is 0 Å². The maximum Gasteiger partial charge on any atom is 0.241 e. The average molecular weight is 405 g/mol.